The van der Waals surface area contributed by atoms with Gasteiger partial charge in [0.25, 0.3) is 5.91 Å². The van der Waals surface area contributed by atoms with Crippen LogP contribution in [0.2, 0.25) is 0 Å². The van der Waals surface area contributed by atoms with Crippen molar-refractivity contribution in [1.82, 2.24) is 15.2 Å². The highest BCUT2D eigenvalue weighted by atomic mass is 16.5. The van der Waals surface area contributed by atoms with Gasteiger partial charge in [0.15, 0.2) is 5.89 Å². The van der Waals surface area contributed by atoms with E-state index in [4.69, 9.17) is 13.6 Å². The molecule has 2 aromatic rings. The number of carbonyl (C=O) groups excluding carboxylic acids is 1. The molecule has 5 heterocycles. The van der Waals surface area contributed by atoms with Gasteiger partial charge in [-0.2, -0.15) is 0 Å². The number of carbonyl (C=O) groups is 1. The average Bonchev–Trinajstić information content (AvgIpc) is 3.42. The van der Waals surface area contributed by atoms with Crippen molar-refractivity contribution in [2.45, 2.75) is 51.0 Å². The molecule has 0 spiro atoms. The average molecular weight is 413 g/mol. The standard InChI is InChI=1S/C22H27N3O5/c1-13-10-18(14-2-6-23-7-3-14)30-22(27)19(13)21(26)25-8-4-17-16(11-25)24-20(29-17)15-5-9-28-12-15/h10,14-15,23H,2-9,11-12H2,1H3. The summed E-state index contributed by atoms with van der Waals surface area (Å²) in [6, 6.07) is 1.87. The van der Waals surface area contributed by atoms with E-state index in [9.17, 15) is 9.59 Å². The van der Waals surface area contributed by atoms with Crippen molar-refractivity contribution in [2.24, 2.45) is 0 Å². The summed E-state index contributed by atoms with van der Waals surface area (Å²) in [4.78, 5) is 32.2. The van der Waals surface area contributed by atoms with Crippen LogP contribution in [0.3, 0.4) is 0 Å². The van der Waals surface area contributed by atoms with E-state index in [0.717, 1.165) is 50.4 Å². The second-order valence-electron chi connectivity index (χ2n) is 8.48. The summed E-state index contributed by atoms with van der Waals surface area (Å²) in [5.41, 5.74) is 1.05. The lowest BCUT2D eigenvalue weighted by Crippen LogP contribution is -2.38. The van der Waals surface area contributed by atoms with Crippen LogP contribution < -0.4 is 10.9 Å². The van der Waals surface area contributed by atoms with Gasteiger partial charge in [-0.3, -0.25) is 4.79 Å². The van der Waals surface area contributed by atoms with E-state index < -0.39 is 5.63 Å². The molecule has 8 nitrogen and oxygen atoms in total. The molecule has 2 saturated heterocycles. The SMILES string of the molecule is Cc1cc(C2CCNCC2)oc(=O)c1C(=O)N1CCc2oc(C3CCOC3)nc2C1. The number of rotatable bonds is 3. The zero-order chi connectivity index (χ0) is 20.7. The van der Waals surface area contributed by atoms with Gasteiger partial charge in [-0.15, -0.1) is 0 Å². The predicted octanol–water partition coefficient (Wildman–Crippen LogP) is 2.11. The Morgan fingerprint density at radius 1 is 1.20 bits per heavy atom. The fourth-order valence-electron chi connectivity index (χ4n) is 4.65. The van der Waals surface area contributed by atoms with Gasteiger partial charge in [-0.05, 0) is 50.9 Å². The Balaban J connectivity index is 1.35. The van der Waals surface area contributed by atoms with Crippen LogP contribution >= 0.6 is 0 Å². The van der Waals surface area contributed by atoms with E-state index in [2.05, 4.69) is 10.3 Å². The third-order valence-corrected chi connectivity index (χ3v) is 6.43. The minimum Gasteiger partial charge on any atom is -0.445 e. The van der Waals surface area contributed by atoms with Crippen LogP contribution in [0.1, 0.15) is 70.1 Å². The molecule has 3 aliphatic heterocycles. The maximum absolute atomic E-state index is 13.2. The number of nitrogens with one attached hydrogen (secondary N) is 1. The molecule has 0 aliphatic carbocycles. The van der Waals surface area contributed by atoms with Gasteiger partial charge in [0.2, 0.25) is 0 Å². The predicted molar refractivity (Wildman–Crippen MR) is 108 cm³/mol. The van der Waals surface area contributed by atoms with Crippen molar-refractivity contribution in [3.05, 3.63) is 50.7 Å². The van der Waals surface area contributed by atoms with Crippen molar-refractivity contribution < 1.29 is 18.4 Å². The van der Waals surface area contributed by atoms with Gasteiger partial charge >= 0.3 is 5.63 Å². The number of oxazole rings is 1. The molecule has 2 fully saturated rings. The zero-order valence-corrected chi connectivity index (χ0v) is 17.2. The topological polar surface area (TPSA) is 97.8 Å². The first-order chi connectivity index (χ1) is 14.6. The quantitative estimate of drug-likeness (QED) is 0.823. The van der Waals surface area contributed by atoms with Gasteiger partial charge in [0.1, 0.15) is 22.8 Å². The zero-order valence-electron chi connectivity index (χ0n) is 17.2. The molecule has 0 saturated carbocycles. The summed E-state index contributed by atoms with van der Waals surface area (Å²) in [6.07, 6.45) is 3.38. The fourth-order valence-corrected chi connectivity index (χ4v) is 4.65. The van der Waals surface area contributed by atoms with Crippen molar-refractivity contribution in [3.63, 3.8) is 0 Å². The van der Waals surface area contributed by atoms with E-state index in [1.54, 1.807) is 4.90 Å². The number of hydrogen-bond donors (Lipinski definition) is 1. The Bertz CT molecular complexity index is 999. The van der Waals surface area contributed by atoms with Crippen LogP contribution in [-0.2, 0) is 17.7 Å². The van der Waals surface area contributed by atoms with Gasteiger partial charge in [-0.1, -0.05) is 0 Å². The number of ether oxygens (including phenoxy) is 1. The Morgan fingerprint density at radius 2 is 2.03 bits per heavy atom. The Morgan fingerprint density at radius 3 is 2.77 bits per heavy atom. The maximum Gasteiger partial charge on any atom is 0.349 e. The lowest BCUT2D eigenvalue weighted by atomic mass is 9.94. The fraction of sp³-hybridized carbons (Fsp3) is 0.591. The molecule has 1 amide bonds. The molecule has 0 radical (unpaired) electrons. The Kier molecular flexibility index (Phi) is 5.20. The number of hydrogen-bond acceptors (Lipinski definition) is 7. The largest absolute Gasteiger partial charge is 0.445 e. The van der Waals surface area contributed by atoms with Crippen molar-refractivity contribution in [3.8, 4) is 0 Å². The van der Waals surface area contributed by atoms with Gasteiger partial charge < -0.3 is 23.8 Å². The Labute approximate surface area is 174 Å². The molecule has 160 valence electrons. The number of amides is 1. The molecule has 0 bridgehead atoms. The number of aromatic nitrogens is 1. The number of aryl methyl sites for hydroxylation is 1. The van der Waals surface area contributed by atoms with Gasteiger partial charge in [0.05, 0.1) is 19.1 Å². The molecule has 1 atom stereocenters. The molecule has 1 N–H and O–H groups in total. The van der Waals surface area contributed by atoms with Crippen molar-refractivity contribution in [2.75, 3.05) is 32.8 Å². The van der Waals surface area contributed by atoms with E-state index >= 15 is 0 Å². The number of fused-ring (bicyclic) bond motifs is 1. The molecule has 0 aromatic carbocycles. The number of piperidine rings is 1. The van der Waals surface area contributed by atoms with E-state index in [-0.39, 0.29) is 23.3 Å². The monoisotopic (exact) mass is 413 g/mol. The van der Waals surface area contributed by atoms with Crippen LogP contribution in [-0.4, -0.2) is 48.6 Å². The smallest absolute Gasteiger partial charge is 0.349 e. The minimum atomic E-state index is -0.539. The number of nitrogens with zero attached hydrogens (tertiary/aromatic N) is 2. The van der Waals surface area contributed by atoms with Gasteiger partial charge in [-0.25, -0.2) is 9.78 Å². The van der Waals surface area contributed by atoms with Crippen LogP contribution in [0.15, 0.2) is 19.7 Å². The minimum absolute atomic E-state index is 0.129. The first kappa shape index (κ1) is 19.5. The Hall–Kier alpha value is -2.45. The van der Waals surface area contributed by atoms with E-state index in [1.165, 1.54) is 0 Å². The molecule has 1 unspecified atom stereocenters. The molecular formula is C22H27N3O5. The summed E-state index contributed by atoms with van der Waals surface area (Å²) in [5, 5.41) is 3.31. The van der Waals surface area contributed by atoms with Crippen LogP contribution in [0.25, 0.3) is 0 Å². The molecule has 2 aromatic heterocycles. The summed E-state index contributed by atoms with van der Waals surface area (Å²) in [7, 11) is 0. The highest BCUT2D eigenvalue weighted by molar-refractivity contribution is 5.95. The molecule has 30 heavy (non-hydrogen) atoms. The molecule has 3 aliphatic rings. The maximum atomic E-state index is 13.2. The normalized spacial score (nSPS) is 22.3. The van der Waals surface area contributed by atoms with Crippen LogP contribution in [0.4, 0.5) is 0 Å². The second-order valence-corrected chi connectivity index (χ2v) is 8.48. The third-order valence-electron chi connectivity index (χ3n) is 6.43. The second kappa shape index (κ2) is 8.00. The summed E-state index contributed by atoms with van der Waals surface area (Å²) in [6.45, 7) is 5.85. The molecular weight excluding hydrogens is 386 g/mol. The van der Waals surface area contributed by atoms with Crippen LogP contribution in [0.5, 0.6) is 0 Å². The highest BCUT2D eigenvalue weighted by Gasteiger charge is 2.32. The lowest BCUT2D eigenvalue weighted by molar-refractivity contribution is 0.0721. The summed E-state index contributed by atoms with van der Waals surface area (Å²) < 4.78 is 17.0. The molecule has 8 heteroatoms. The van der Waals surface area contributed by atoms with E-state index in [0.29, 0.717) is 43.3 Å². The van der Waals surface area contributed by atoms with Crippen molar-refractivity contribution in [1.29, 1.82) is 0 Å². The van der Waals surface area contributed by atoms with Crippen LogP contribution in [0, 0.1) is 6.92 Å². The third kappa shape index (κ3) is 3.58. The lowest BCUT2D eigenvalue weighted by Gasteiger charge is -2.26. The van der Waals surface area contributed by atoms with Crippen molar-refractivity contribution >= 4 is 5.91 Å². The van der Waals surface area contributed by atoms with Gasteiger partial charge in [0, 0.05) is 25.5 Å². The first-order valence-corrected chi connectivity index (χ1v) is 10.8. The summed E-state index contributed by atoms with van der Waals surface area (Å²) >= 11 is 0. The summed E-state index contributed by atoms with van der Waals surface area (Å²) in [5.74, 6) is 2.36. The first-order valence-electron chi connectivity index (χ1n) is 10.8. The van der Waals surface area contributed by atoms with E-state index in [1.807, 2.05) is 13.0 Å². The molecule has 5 rings (SSSR count). The highest BCUT2D eigenvalue weighted by Crippen LogP contribution is 2.30.